The number of carboxylic acid groups (broad SMARTS) is 1. The first-order chi connectivity index (χ1) is 25.1. The molecule has 52 heavy (non-hydrogen) atoms. The number of anilines is 1. The highest BCUT2D eigenvalue weighted by molar-refractivity contribution is 6.40. The highest BCUT2D eigenvalue weighted by atomic mass is 16.7. The van der Waals surface area contributed by atoms with Crippen molar-refractivity contribution in [1.29, 1.82) is 0 Å². The molecule has 2 amide bonds. The summed E-state index contributed by atoms with van der Waals surface area (Å²) in [5.74, 6) is -6.14. The van der Waals surface area contributed by atoms with E-state index in [-0.39, 0.29) is 25.5 Å². The number of benzene rings is 4. The predicted octanol–water partition coefficient (Wildman–Crippen LogP) is 5.99. The third kappa shape index (κ3) is 7.96. The third-order valence-corrected chi connectivity index (χ3v) is 9.06. The highest BCUT2D eigenvalue weighted by Gasteiger charge is 2.40. The van der Waals surface area contributed by atoms with E-state index in [4.69, 9.17) is 18.6 Å². The lowest BCUT2D eigenvalue weighted by molar-refractivity contribution is -0.159. The van der Waals surface area contributed by atoms with Crippen molar-refractivity contribution in [3.8, 4) is 11.5 Å². The second kappa shape index (κ2) is 15.6. The summed E-state index contributed by atoms with van der Waals surface area (Å²) in [7, 11) is 1.03. The number of carbonyl (C=O) groups excluding carboxylic acids is 4. The number of fused-ring (bicyclic) bond motifs is 2. The Labute approximate surface area is 298 Å². The van der Waals surface area contributed by atoms with Crippen LogP contribution in [-0.2, 0) is 36.9 Å². The summed E-state index contributed by atoms with van der Waals surface area (Å²) in [6.45, 7) is 1.75. The molecule has 3 atom stereocenters. The van der Waals surface area contributed by atoms with Crippen LogP contribution in [0.1, 0.15) is 46.7 Å². The van der Waals surface area contributed by atoms with Gasteiger partial charge in [0.05, 0.1) is 13.5 Å². The number of aliphatic carboxylic acids is 1. The van der Waals surface area contributed by atoms with E-state index in [1.54, 1.807) is 55.5 Å². The van der Waals surface area contributed by atoms with E-state index in [2.05, 4.69) is 5.32 Å². The molecule has 12 nitrogen and oxygen atoms in total. The molecule has 3 unspecified atom stereocenters. The molecular formula is C40H36N2O10. The molecule has 12 heteroatoms. The van der Waals surface area contributed by atoms with Gasteiger partial charge in [0, 0.05) is 30.6 Å². The second-order valence-electron chi connectivity index (χ2n) is 12.4. The molecule has 1 aliphatic heterocycles. The molecule has 1 aromatic heterocycles. The summed E-state index contributed by atoms with van der Waals surface area (Å²) in [4.78, 5) is 66.7. The van der Waals surface area contributed by atoms with E-state index in [0.717, 1.165) is 17.9 Å². The number of carboxylic acids is 1. The molecule has 4 aromatic carbocycles. The van der Waals surface area contributed by atoms with Crippen molar-refractivity contribution >= 4 is 46.0 Å². The van der Waals surface area contributed by atoms with Crippen LogP contribution in [0, 0.1) is 5.92 Å². The maximum atomic E-state index is 14.3. The van der Waals surface area contributed by atoms with Crippen LogP contribution in [0.25, 0.3) is 10.8 Å². The average molecular weight is 705 g/mol. The Hall–Kier alpha value is -6.43. The van der Waals surface area contributed by atoms with E-state index in [9.17, 15) is 29.1 Å². The number of methoxy groups -OCH3 is 1. The van der Waals surface area contributed by atoms with Gasteiger partial charge in [0.15, 0.2) is 17.3 Å². The number of ether oxygens (including phenoxy) is 3. The van der Waals surface area contributed by atoms with Crippen LogP contribution in [0.5, 0.6) is 11.5 Å². The Balaban J connectivity index is 1.38. The first-order valence-corrected chi connectivity index (χ1v) is 16.6. The minimum atomic E-state index is -1.85. The van der Waals surface area contributed by atoms with E-state index in [1.165, 1.54) is 4.90 Å². The maximum Gasteiger partial charge on any atom is 0.317 e. The molecule has 0 aliphatic carbocycles. The number of para-hydroxylation sites is 1. The third-order valence-electron chi connectivity index (χ3n) is 9.06. The van der Waals surface area contributed by atoms with Gasteiger partial charge < -0.3 is 34.0 Å². The SMILES string of the molecule is COC(=O)C(CC(=O)O)C(=O)C(=O)N(Cc1ccc2ccccc2c1)C(C)C(Cc1ccc(C(=O)Nc2ccccc2)o1)c1ccc2c(c1)OCO2. The Morgan fingerprint density at radius 2 is 1.58 bits per heavy atom. The van der Waals surface area contributed by atoms with E-state index in [0.29, 0.717) is 34.1 Å². The number of furan rings is 1. The number of amides is 2. The summed E-state index contributed by atoms with van der Waals surface area (Å²) >= 11 is 0. The van der Waals surface area contributed by atoms with Crippen LogP contribution in [0.15, 0.2) is 108 Å². The first-order valence-electron chi connectivity index (χ1n) is 16.6. The zero-order valence-corrected chi connectivity index (χ0v) is 28.4. The van der Waals surface area contributed by atoms with Gasteiger partial charge in [-0.3, -0.25) is 24.0 Å². The lowest BCUT2D eigenvalue weighted by atomic mass is 9.86. The van der Waals surface area contributed by atoms with Gasteiger partial charge >= 0.3 is 11.9 Å². The number of Topliss-reactive ketones (excluding diaryl/α,β-unsaturated/α-hetero) is 1. The van der Waals surface area contributed by atoms with Gasteiger partial charge in [0.2, 0.25) is 12.6 Å². The largest absolute Gasteiger partial charge is 0.481 e. The lowest BCUT2D eigenvalue weighted by Gasteiger charge is -2.35. The second-order valence-corrected chi connectivity index (χ2v) is 12.4. The molecule has 0 radical (unpaired) electrons. The minimum Gasteiger partial charge on any atom is -0.481 e. The van der Waals surface area contributed by atoms with Gasteiger partial charge in [-0.2, -0.15) is 0 Å². The molecule has 0 saturated heterocycles. The van der Waals surface area contributed by atoms with Gasteiger partial charge in [0.25, 0.3) is 11.8 Å². The Kier molecular flexibility index (Phi) is 10.6. The fourth-order valence-corrected chi connectivity index (χ4v) is 6.29. The quantitative estimate of drug-likeness (QED) is 0.0798. The zero-order valence-electron chi connectivity index (χ0n) is 28.4. The topological polar surface area (TPSA) is 162 Å². The Morgan fingerprint density at radius 1 is 0.846 bits per heavy atom. The van der Waals surface area contributed by atoms with Crippen molar-refractivity contribution in [1.82, 2.24) is 4.90 Å². The molecule has 5 aromatic rings. The Bertz CT molecular complexity index is 2130. The predicted molar refractivity (Wildman–Crippen MR) is 189 cm³/mol. The fraction of sp³-hybridized carbons (Fsp3) is 0.225. The van der Waals surface area contributed by atoms with Crippen molar-refractivity contribution in [3.05, 3.63) is 126 Å². The monoisotopic (exact) mass is 704 g/mol. The number of hydrogen-bond donors (Lipinski definition) is 2. The molecule has 0 bridgehead atoms. The van der Waals surface area contributed by atoms with Crippen LogP contribution < -0.4 is 14.8 Å². The molecule has 0 fully saturated rings. The molecule has 1 aliphatic rings. The maximum absolute atomic E-state index is 14.3. The number of esters is 1. The number of ketones is 1. The summed E-state index contributed by atoms with van der Waals surface area (Å²) in [6, 6.07) is 30.1. The minimum absolute atomic E-state index is 0.0383. The van der Waals surface area contributed by atoms with Crippen molar-refractivity contribution in [2.45, 2.75) is 38.3 Å². The van der Waals surface area contributed by atoms with E-state index in [1.807, 2.05) is 54.6 Å². The average Bonchev–Trinajstić information content (AvgIpc) is 3.84. The summed E-state index contributed by atoms with van der Waals surface area (Å²) in [5.41, 5.74) is 2.00. The summed E-state index contributed by atoms with van der Waals surface area (Å²) in [6.07, 6.45) is -0.744. The number of nitrogens with zero attached hydrogens (tertiary/aromatic N) is 1. The van der Waals surface area contributed by atoms with E-state index >= 15 is 0 Å². The highest BCUT2D eigenvalue weighted by Crippen LogP contribution is 2.38. The Morgan fingerprint density at radius 3 is 2.33 bits per heavy atom. The zero-order chi connectivity index (χ0) is 36.8. The smallest absolute Gasteiger partial charge is 0.317 e. The van der Waals surface area contributed by atoms with Crippen molar-refractivity contribution in [2.24, 2.45) is 5.92 Å². The number of carbonyl (C=O) groups is 5. The fourth-order valence-electron chi connectivity index (χ4n) is 6.29. The molecule has 0 saturated carbocycles. The van der Waals surface area contributed by atoms with Crippen molar-refractivity contribution < 1.29 is 47.7 Å². The molecule has 2 heterocycles. The van der Waals surface area contributed by atoms with Crippen LogP contribution >= 0.6 is 0 Å². The van der Waals surface area contributed by atoms with Gasteiger partial charge in [-0.15, -0.1) is 0 Å². The molecular weight excluding hydrogens is 668 g/mol. The molecule has 2 N–H and O–H groups in total. The molecule has 6 rings (SSSR count). The normalized spacial score (nSPS) is 13.5. The summed E-state index contributed by atoms with van der Waals surface area (Å²) in [5, 5.41) is 14.2. The van der Waals surface area contributed by atoms with Crippen molar-refractivity contribution in [3.63, 3.8) is 0 Å². The molecule has 0 spiro atoms. The van der Waals surface area contributed by atoms with Gasteiger partial charge in [-0.1, -0.05) is 60.7 Å². The van der Waals surface area contributed by atoms with Crippen LogP contribution in [0.2, 0.25) is 0 Å². The van der Waals surface area contributed by atoms with Gasteiger partial charge in [-0.05, 0) is 71.3 Å². The molecule has 266 valence electrons. The van der Waals surface area contributed by atoms with Crippen LogP contribution in [-0.4, -0.2) is 59.5 Å². The number of rotatable bonds is 14. The summed E-state index contributed by atoms with van der Waals surface area (Å²) < 4.78 is 21.9. The van der Waals surface area contributed by atoms with Crippen LogP contribution in [0.3, 0.4) is 0 Å². The standard InChI is InChI=1S/C40H36N2O10/c1-24(42(22-25-12-13-26-8-6-7-9-27(26)18-25)39(47)37(45)32(21-36(43)44)40(48)49-2)31(28-14-16-33-35(19-28)51-23-50-33)20-30-15-17-34(52-30)38(46)41-29-10-4-3-5-11-29/h3-19,24,31-32H,20-23H2,1-2H3,(H,41,46)(H,43,44). The first kappa shape index (κ1) is 35.4. The van der Waals surface area contributed by atoms with E-state index < -0.39 is 53.8 Å². The van der Waals surface area contributed by atoms with Crippen LogP contribution in [0.4, 0.5) is 5.69 Å². The van der Waals surface area contributed by atoms with Gasteiger partial charge in [-0.25, -0.2) is 0 Å². The van der Waals surface area contributed by atoms with Crippen molar-refractivity contribution in [2.75, 3.05) is 19.2 Å². The number of hydrogen-bond acceptors (Lipinski definition) is 9. The number of nitrogens with one attached hydrogen (secondary N) is 1. The van der Waals surface area contributed by atoms with Gasteiger partial charge in [0.1, 0.15) is 11.7 Å². The lowest BCUT2D eigenvalue weighted by Crippen LogP contribution is -2.48.